The fraction of sp³-hybridized carbons (Fsp3) is 0.0556. The van der Waals surface area contributed by atoms with Crippen molar-refractivity contribution in [3.8, 4) is 91.5 Å². The van der Waals surface area contributed by atoms with Crippen molar-refractivity contribution in [1.82, 2.24) is 39.9 Å². The number of fused-ring (bicyclic) bond motifs is 24. The molecule has 0 atom stereocenters. The first-order valence-corrected chi connectivity index (χ1v) is 28.9. The van der Waals surface area contributed by atoms with E-state index >= 15 is 0 Å². The van der Waals surface area contributed by atoms with Crippen molar-refractivity contribution in [2.75, 3.05) is 0 Å². The van der Waals surface area contributed by atoms with Gasteiger partial charge in [-0.1, -0.05) is 0 Å². The molecule has 0 N–H and O–H groups in total. The van der Waals surface area contributed by atoms with E-state index in [-0.39, 0.29) is 63.0 Å². The Bertz CT molecular complexity index is 5850. The number of ether oxygens (including phenoxy) is 4. The van der Waals surface area contributed by atoms with Crippen molar-refractivity contribution in [3.05, 3.63) is 234 Å². The Morgan fingerprint density at radius 3 is 0.828 bits per heavy atom. The summed E-state index contributed by atoms with van der Waals surface area (Å²) in [5, 5.41) is 5.31. The minimum Gasteiger partial charge on any atom is -0.457 e. The first-order chi connectivity index (χ1) is 44.7. The zero-order valence-electron chi connectivity index (χ0n) is 48.9. The van der Waals surface area contributed by atoms with Crippen LogP contribution < -0.4 is 51.4 Å². The molecule has 8 aromatic carbocycles. The molecule has 7 aromatic heterocycles. The third kappa shape index (κ3) is 9.96. The number of rotatable bonds is 8. The molecule has 1 radical (unpaired) electrons. The van der Waals surface area contributed by atoms with Gasteiger partial charge in [0, 0.05) is 115 Å². The van der Waals surface area contributed by atoms with Gasteiger partial charge in [-0.15, -0.1) is 0 Å². The van der Waals surface area contributed by atoms with Gasteiger partial charge in [-0.25, -0.2) is 29.1 Å². The fourth-order valence-electron chi connectivity index (χ4n) is 11.9. The summed E-state index contributed by atoms with van der Waals surface area (Å²) in [6, 6.07) is 48.6. The number of hydrogen-bond acceptors (Lipinski definition) is 18. The monoisotopic (exact) mass is 1270 g/mol. The average Bonchev–Trinajstić information content (AvgIpc) is 1.63. The van der Waals surface area contributed by atoms with Gasteiger partial charge in [0.2, 0.25) is 0 Å². The summed E-state index contributed by atoms with van der Waals surface area (Å²) in [7, 11) is 0. The largest absolute Gasteiger partial charge is 2.00 e. The van der Waals surface area contributed by atoms with Gasteiger partial charge in [0.15, 0.2) is 0 Å². The van der Waals surface area contributed by atoms with E-state index in [1.165, 1.54) is 24.3 Å². The second-order valence-electron chi connectivity index (χ2n) is 22.3. The molecule has 451 valence electrons. The van der Waals surface area contributed by atoms with Crippen molar-refractivity contribution >= 4 is 88.0 Å². The molecule has 0 amide bonds. The van der Waals surface area contributed by atoms with Crippen LogP contribution in [-0.4, -0.2) is 29.9 Å². The van der Waals surface area contributed by atoms with E-state index < -0.39 is 22.5 Å². The second kappa shape index (κ2) is 21.4. The van der Waals surface area contributed by atoms with Gasteiger partial charge in [-0.2, -0.15) is 0 Å². The van der Waals surface area contributed by atoms with Crippen molar-refractivity contribution in [1.29, 1.82) is 0 Å². The minimum atomic E-state index is -0.478. The molecule has 93 heavy (non-hydrogen) atoms. The number of aryl methyl sites for hydroxylation is 4. The molecule has 15 aromatic rings. The summed E-state index contributed by atoms with van der Waals surface area (Å²) >= 11 is 0. The van der Waals surface area contributed by atoms with Gasteiger partial charge in [0.1, 0.15) is 68.3 Å². The van der Waals surface area contributed by atoms with E-state index in [0.29, 0.717) is 112 Å². The third-order valence-corrected chi connectivity index (χ3v) is 16.2. The molecule has 9 heterocycles. The van der Waals surface area contributed by atoms with Crippen LogP contribution >= 0.6 is 0 Å². The molecule has 2 aliphatic rings. The minimum absolute atomic E-state index is 0. The van der Waals surface area contributed by atoms with Gasteiger partial charge in [0.05, 0.1) is 23.3 Å². The Kier molecular flexibility index (Phi) is 12.9. The zero-order chi connectivity index (χ0) is 62.2. The Morgan fingerprint density at radius 1 is 0.269 bits per heavy atom. The smallest absolute Gasteiger partial charge is 0.457 e. The van der Waals surface area contributed by atoms with Crippen LogP contribution in [0.3, 0.4) is 0 Å². The van der Waals surface area contributed by atoms with Gasteiger partial charge in [-0.05, 0) is 193 Å². The van der Waals surface area contributed by atoms with Crippen molar-refractivity contribution < 1.29 is 53.7 Å². The third-order valence-electron chi connectivity index (χ3n) is 16.2. The molecule has 17 rings (SSSR count). The van der Waals surface area contributed by atoms with E-state index in [9.17, 15) is 19.2 Å². The van der Waals surface area contributed by atoms with Crippen LogP contribution in [0.15, 0.2) is 207 Å². The fourth-order valence-corrected chi connectivity index (χ4v) is 11.9. The Hall–Kier alpha value is -12.3. The molecular formula is C72H40CuN8O12. The van der Waals surface area contributed by atoms with Crippen LogP contribution in [0.25, 0.3) is 134 Å². The van der Waals surface area contributed by atoms with Crippen LogP contribution in [0.2, 0.25) is 0 Å². The predicted molar refractivity (Wildman–Crippen MR) is 343 cm³/mol. The molecule has 21 heteroatoms. The standard InChI is InChI=1S/C72H40N8O12.Cu/c1-33-21-61(81)89-57-29-41(5-13-45(33)57)85-37-9-17-49-53(25-37)69-75-65(49)73-66-51-19-11-39(87-43-7-15-47-35(3)23-63(83)91-59(47)31-43)27-55(51)71(77-66)80-72-56-28-40(88-44-8-16-48-36(4)24-64(84)92-60(48)32-44)12-20-52(56)68(78-72)74-67-50-18-10-38(26-54(50)70(76-67)79-69)86-42-6-14-46-34(2)22-62(82)90-58(46)30-42;/h5-32H,1-4H3;/q-2;+2. The summed E-state index contributed by atoms with van der Waals surface area (Å²) in [6.07, 6.45) is 0. The molecule has 0 fully saturated rings. The molecule has 0 saturated carbocycles. The quantitative estimate of drug-likeness (QED) is 0.101. The summed E-state index contributed by atoms with van der Waals surface area (Å²) < 4.78 is 48.2. The van der Waals surface area contributed by atoms with E-state index in [1.807, 2.05) is 76.2 Å². The number of nitrogens with zero attached hydrogens (tertiary/aromatic N) is 8. The Balaban J connectivity index is 0.00000686. The zero-order valence-corrected chi connectivity index (χ0v) is 49.9. The Labute approximate surface area is 531 Å². The maximum atomic E-state index is 12.4. The summed E-state index contributed by atoms with van der Waals surface area (Å²) in [5.41, 5.74) is 5.84. The van der Waals surface area contributed by atoms with E-state index in [4.69, 9.17) is 76.5 Å². The van der Waals surface area contributed by atoms with Crippen molar-refractivity contribution in [3.63, 3.8) is 0 Å². The second-order valence-corrected chi connectivity index (χ2v) is 22.3. The first kappa shape index (κ1) is 56.0. The van der Waals surface area contributed by atoms with Gasteiger partial charge >= 0.3 is 39.6 Å². The van der Waals surface area contributed by atoms with Gasteiger partial charge in [0.25, 0.3) is 0 Å². The first-order valence-electron chi connectivity index (χ1n) is 28.9. The molecule has 2 aliphatic heterocycles. The number of hydrogen-bond donors (Lipinski definition) is 0. The molecule has 20 nitrogen and oxygen atoms in total. The van der Waals surface area contributed by atoms with E-state index in [1.54, 1.807) is 97.1 Å². The molecule has 0 aliphatic carbocycles. The van der Waals surface area contributed by atoms with Crippen LogP contribution in [0.5, 0.6) is 46.0 Å². The maximum absolute atomic E-state index is 12.4. The number of benzene rings is 8. The van der Waals surface area contributed by atoms with Crippen LogP contribution in [0.4, 0.5) is 0 Å². The molecule has 0 saturated heterocycles. The normalized spacial score (nSPS) is 11.7. The summed E-state index contributed by atoms with van der Waals surface area (Å²) in [4.78, 5) is 91.1. The number of aromatic nitrogens is 8. The molecule has 8 bridgehead atoms. The van der Waals surface area contributed by atoms with Gasteiger partial charge < -0.3 is 66.5 Å². The van der Waals surface area contributed by atoms with Crippen molar-refractivity contribution in [2.24, 2.45) is 0 Å². The van der Waals surface area contributed by atoms with E-state index in [0.717, 1.165) is 43.8 Å². The SMILES string of the molecule is Cc1cc(=O)oc2cc(Oc3ccc4c(c3)-c3nc-4nc4[n-]c(nc5nc(nc6[n-]c(n3)c3cc(Oc7ccc8c(C)cc(=O)oc8c7)ccc63)-c3ccc(Oc6ccc7c(C)cc(=O)oc7c6)cc3-5)c3cc(Oc5ccc6c(C)cc(=O)oc6c5)ccc43)ccc12.[Cu+2]. The molecular weight excluding hydrogens is 1230 g/mol. The van der Waals surface area contributed by atoms with Crippen LogP contribution in [-0.2, 0) is 17.1 Å². The summed E-state index contributed by atoms with van der Waals surface area (Å²) in [6.45, 7) is 7.37. The molecule has 0 spiro atoms. The maximum Gasteiger partial charge on any atom is 2.00 e. The topological polar surface area (TPSA) is 263 Å². The van der Waals surface area contributed by atoms with E-state index in [2.05, 4.69) is 0 Å². The average molecular weight is 1270 g/mol. The van der Waals surface area contributed by atoms with Gasteiger partial charge in [-0.3, -0.25) is 0 Å². The predicted octanol–water partition coefficient (Wildman–Crippen LogP) is 15.0. The molecule has 0 unspecified atom stereocenters. The Morgan fingerprint density at radius 2 is 0.516 bits per heavy atom. The summed E-state index contributed by atoms with van der Waals surface area (Å²) in [5.74, 6) is 4.26. The van der Waals surface area contributed by atoms with Crippen LogP contribution in [0.1, 0.15) is 22.3 Å². The van der Waals surface area contributed by atoms with Crippen LogP contribution in [0, 0.1) is 27.7 Å². The van der Waals surface area contributed by atoms with Crippen molar-refractivity contribution in [2.45, 2.75) is 27.7 Å².